The van der Waals surface area contributed by atoms with E-state index in [4.69, 9.17) is 10.00 Å². The predicted molar refractivity (Wildman–Crippen MR) is 117 cm³/mol. The van der Waals surface area contributed by atoms with Gasteiger partial charge in [-0.05, 0) is 42.8 Å². The van der Waals surface area contributed by atoms with Crippen LogP contribution in [0.1, 0.15) is 21.8 Å². The van der Waals surface area contributed by atoms with Crippen LogP contribution in [0, 0.1) is 18.3 Å². The van der Waals surface area contributed by atoms with Gasteiger partial charge in [0, 0.05) is 30.7 Å². The molecule has 1 amide bonds. The Morgan fingerprint density at radius 1 is 1.30 bits per heavy atom. The molecule has 0 saturated heterocycles. The van der Waals surface area contributed by atoms with E-state index in [0.29, 0.717) is 31.1 Å². The summed E-state index contributed by atoms with van der Waals surface area (Å²) in [4.78, 5) is 20.5. The van der Waals surface area contributed by atoms with Gasteiger partial charge in [0.2, 0.25) is 5.91 Å². The molecule has 7 nitrogen and oxygen atoms in total. The van der Waals surface area contributed by atoms with Gasteiger partial charge in [-0.15, -0.1) is 11.3 Å². The van der Waals surface area contributed by atoms with Gasteiger partial charge >= 0.3 is 0 Å². The number of benzene rings is 1. The van der Waals surface area contributed by atoms with Crippen molar-refractivity contribution >= 4 is 29.1 Å². The Morgan fingerprint density at radius 2 is 2.20 bits per heavy atom. The van der Waals surface area contributed by atoms with Crippen LogP contribution in [0.5, 0.6) is 5.75 Å². The lowest BCUT2D eigenvalue weighted by Crippen LogP contribution is -2.27. The number of thiazole rings is 1. The summed E-state index contributed by atoms with van der Waals surface area (Å²) in [5, 5.41) is 17.8. The van der Waals surface area contributed by atoms with Gasteiger partial charge in [0.25, 0.3) is 0 Å². The number of anilines is 1. The molecular weight excluding hydrogens is 398 g/mol. The number of ether oxygens (including phenoxy) is 1. The Morgan fingerprint density at radius 3 is 3.00 bits per heavy atom. The van der Waals surface area contributed by atoms with Gasteiger partial charge < -0.3 is 15.4 Å². The van der Waals surface area contributed by atoms with Crippen LogP contribution in [-0.2, 0) is 11.4 Å². The third-order valence-corrected chi connectivity index (χ3v) is 4.81. The zero-order chi connectivity index (χ0) is 21.2. The number of nitriles is 1. The van der Waals surface area contributed by atoms with Crippen molar-refractivity contribution in [2.45, 2.75) is 13.5 Å². The van der Waals surface area contributed by atoms with Crippen molar-refractivity contribution in [3.8, 4) is 11.8 Å². The summed E-state index contributed by atoms with van der Waals surface area (Å²) in [6.07, 6.45) is 4.82. The molecule has 0 bridgehead atoms. The van der Waals surface area contributed by atoms with Crippen LogP contribution in [-0.4, -0.2) is 29.0 Å². The van der Waals surface area contributed by atoms with Crippen LogP contribution in [0.2, 0.25) is 0 Å². The van der Waals surface area contributed by atoms with E-state index in [1.807, 2.05) is 36.6 Å². The summed E-state index contributed by atoms with van der Waals surface area (Å²) in [6, 6.07) is 13.0. The first kappa shape index (κ1) is 21.0. The molecule has 8 heteroatoms. The molecule has 30 heavy (non-hydrogen) atoms. The molecule has 3 rings (SSSR count). The highest BCUT2D eigenvalue weighted by Gasteiger charge is 2.02. The first-order valence-electron chi connectivity index (χ1n) is 9.33. The van der Waals surface area contributed by atoms with E-state index in [9.17, 15) is 4.79 Å². The Labute approximate surface area is 179 Å². The molecule has 3 aromatic rings. The van der Waals surface area contributed by atoms with Crippen LogP contribution in [0.4, 0.5) is 5.82 Å². The van der Waals surface area contributed by atoms with Crippen molar-refractivity contribution in [2.24, 2.45) is 0 Å². The second kappa shape index (κ2) is 10.7. The summed E-state index contributed by atoms with van der Waals surface area (Å²) in [6.45, 7) is 3.24. The van der Waals surface area contributed by atoms with Gasteiger partial charge in [-0.1, -0.05) is 12.1 Å². The molecule has 1 aromatic carbocycles. The number of nitrogens with zero attached hydrogens (tertiary/aromatic N) is 3. The van der Waals surface area contributed by atoms with Crippen LogP contribution < -0.4 is 15.4 Å². The van der Waals surface area contributed by atoms with Crippen molar-refractivity contribution in [1.29, 1.82) is 5.26 Å². The highest BCUT2D eigenvalue weighted by Crippen LogP contribution is 2.17. The highest BCUT2D eigenvalue weighted by atomic mass is 32.1. The molecule has 0 aliphatic heterocycles. The van der Waals surface area contributed by atoms with E-state index in [-0.39, 0.29) is 5.91 Å². The van der Waals surface area contributed by atoms with Gasteiger partial charge in [0.15, 0.2) is 0 Å². The first-order chi connectivity index (χ1) is 14.6. The number of pyridine rings is 1. The number of amides is 1. The van der Waals surface area contributed by atoms with Crippen molar-refractivity contribution in [1.82, 2.24) is 15.3 Å². The fraction of sp³-hybridized carbons (Fsp3) is 0.182. The molecule has 0 saturated carbocycles. The lowest BCUT2D eigenvalue weighted by Gasteiger charge is -2.07. The fourth-order valence-corrected chi connectivity index (χ4v) is 3.17. The number of aromatic nitrogens is 2. The normalized spacial score (nSPS) is 10.5. The van der Waals surface area contributed by atoms with E-state index in [2.05, 4.69) is 26.7 Å². The van der Waals surface area contributed by atoms with Gasteiger partial charge in [-0.3, -0.25) is 4.79 Å². The lowest BCUT2D eigenvalue weighted by atomic mass is 10.2. The quantitative estimate of drug-likeness (QED) is 0.406. The van der Waals surface area contributed by atoms with Gasteiger partial charge in [-0.2, -0.15) is 5.26 Å². The smallest absolute Gasteiger partial charge is 0.244 e. The summed E-state index contributed by atoms with van der Waals surface area (Å²) in [5.41, 5.74) is 2.23. The molecular formula is C22H21N5O2S. The highest BCUT2D eigenvalue weighted by molar-refractivity contribution is 7.09. The van der Waals surface area contributed by atoms with Gasteiger partial charge in [0.05, 0.1) is 16.3 Å². The van der Waals surface area contributed by atoms with Crippen LogP contribution in [0.3, 0.4) is 0 Å². The minimum absolute atomic E-state index is 0.206. The van der Waals surface area contributed by atoms with E-state index < -0.39 is 0 Å². The Bertz CT molecular complexity index is 1070. The molecule has 2 N–H and O–H groups in total. The summed E-state index contributed by atoms with van der Waals surface area (Å²) in [5.74, 6) is 1.02. The van der Waals surface area contributed by atoms with E-state index in [0.717, 1.165) is 22.0 Å². The molecule has 0 radical (unpaired) electrons. The first-order valence-corrected chi connectivity index (χ1v) is 10.2. The molecule has 2 aromatic heterocycles. The molecule has 0 atom stereocenters. The molecule has 0 unspecified atom stereocenters. The third kappa shape index (κ3) is 6.43. The standard InChI is InChI=1S/C22H21N5O2S/c1-16-27-19(15-30-16)14-29-20-6-2-4-17(12-20)7-8-21(28)24-10-11-26-22-18(13-23)5-3-9-25-22/h2-9,12,15H,10-11,14H2,1H3,(H,24,28)(H,25,26)/b8-7+. The van der Waals surface area contributed by atoms with Crippen molar-refractivity contribution in [3.63, 3.8) is 0 Å². The van der Waals surface area contributed by atoms with Gasteiger partial charge in [0.1, 0.15) is 24.2 Å². The number of nitrogens with one attached hydrogen (secondary N) is 2. The summed E-state index contributed by atoms with van der Waals surface area (Å²) < 4.78 is 5.77. The Hall–Kier alpha value is -3.70. The zero-order valence-electron chi connectivity index (χ0n) is 16.5. The lowest BCUT2D eigenvalue weighted by molar-refractivity contribution is -0.116. The van der Waals surface area contributed by atoms with Gasteiger partial charge in [-0.25, -0.2) is 9.97 Å². The molecule has 0 spiro atoms. The number of hydrogen-bond acceptors (Lipinski definition) is 7. The second-order valence-corrected chi connectivity index (χ2v) is 7.34. The molecule has 0 fully saturated rings. The SMILES string of the molecule is Cc1nc(COc2cccc(/C=C/C(=O)NCCNc3ncccc3C#N)c2)cs1. The van der Waals surface area contributed by atoms with Crippen LogP contribution in [0.15, 0.2) is 54.1 Å². The predicted octanol–water partition coefficient (Wildman–Crippen LogP) is 3.54. The minimum atomic E-state index is -0.206. The summed E-state index contributed by atoms with van der Waals surface area (Å²) >= 11 is 1.59. The number of hydrogen-bond donors (Lipinski definition) is 2. The molecule has 0 aliphatic rings. The summed E-state index contributed by atoms with van der Waals surface area (Å²) in [7, 11) is 0. The average Bonchev–Trinajstić information content (AvgIpc) is 3.19. The van der Waals surface area contributed by atoms with E-state index >= 15 is 0 Å². The third-order valence-electron chi connectivity index (χ3n) is 3.98. The largest absolute Gasteiger partial charge is 0.487 e. The van der Waals surface area contributed by atoms with Crippen molar-refractivity contribution in [2.75, 3.05) is 18.4 Å². The molecule has 2 heterocycles. The Balaban J connectivity index is 1.43. The average molecular weight is 420 g/mol. The second-order valence-electron chi connectivity index (χ2n) is 6.28. The van der Waals surface area contributed by atoms with Crippen molar-refractivity contribution < 1.29 is 9.53 Å². The topological polar surface area (TPSA) is 99.9 Å². The minimum Gasteiger partial charge on any atom is -0.487 e. The maximum atomic E-state index is 12.0. The number of aryl methyl sites for hydroxylation is 1. The van der Waals surface area contributed by atoms with Crippen LogP contribution in [0.25, 0.3) is 6.08 Å². The maximum Gasteiger partial charge on any atom is 0.244 e. The monoisotopic (exact) mass is 419 g/mol. The van der Waals surface area contributed by atoms with E-state index in [1.165, 1.54) is 6.08 Å². The zero-order valence-corrected chi connectivity index (χ0v) is 17.3. The van der Waals surface area contributed by atoms with E-state index in [1.54, 1.807) is 35.7 Å². The number of carbonyl (C=O) groups excluding carboxylic acids is 1. The molecule has 0 aliphatic carbocycles. The number of carbonyl (C=O) groups is 1. The number of rotatable bonds is 9. The molecule has 152 valence electrons. The van der Waals surface area contributed by atoms with Crippen molar-refractivity contribution in [3.05, 3.63) is 75.9 Å². The fourth-order valence-electron chi connectivity index (χ4n) is 2.57. The maximum absolute atomic E-state index is 12.0. The van der Waals surface area contributed by atoms with Crippen LogP contribution >= 0.6 is 11.3 Å². The Kier molecular flexibility index (Phi) is 7.52.